The van der Waals surface area contributed by atoms with Crippen LogP contribution in [0.1, 0.15) is 48.6 Å². The minimum Gasteiger partial charge on any atom is -0.415 e. The van der Waals surface area contributed by atoms with Crippen molar-refractivity contribution < 1.29 is 9.21 Å². The SMILES string of the molecule is Cc1cc(C)cc(NC(=O)C(Sc2nnc(C(C)(C)C)o2)c2ccccc2)c1. The van der Waals surface area contributed by atoms with Gasteiger partial charge in [0.15, 0.2) is 0 Å². The molecule has 1 unspecified atom stereocenters. The summed E-state index contributed by atoms with van der Waals surface area (Å²) in [6, 6.07) is 15.6. The Balaban J connectivity index is 1.87. The van der Waals surface area contributed by atoms with E-state index < -0.39 is 5.25 Å². The largest absolute Gasteiger partial charge is 0.415 e. The number of hydrogen-bond acceptors (Lipinski definition) is 5. The Morgan fingerprint density at radius 3 is 2.25 bits per heavy atom. The number of anilines is 1. The molecule has 2 aromatic carbocycles. The number of carbonyl (C=O) groups is 1. The third kappa shape index (κ3) is 5.01. The van der Waals surface area contributed by atoms with Crippen LogP contribution in [0.4, 0.5) is 5.69 Å². The Kier molecular flexibility index (Phi) is 5.89. The summed E-state index contributed by atoms with van der Waals surface area (Å²) in [5.41, 5.74) is 3.63. The lowest BCUT2D eigenvalue weighted by Crippen LogP contribution is -2.19. The molecule has 5 nitrogen and oxygen atoms in total. The molecule has 1 aromatic heterocycles. The lowest BCUT2D eigenvalue weighted by molar-refractivity contribution is -0.115. The number of benzene rings is 2. The van der Waals surface area contributed by atoms with Gasteiger partial charge in [-0.25, -0.2) is 0 Å². The highest BCUT2D eigenvalue weighted by Crippen LogP contribution is 2.36. The van der Waals surface area contributed by atoms with Gasteiger partial charge in [-0.05, 0) is 54.4 Å². The van der Waals surface area contributed by atoms with Gasteiger partial charge >= 0.3 is 0 Å². The normalized spacial score (nSPS) is 12.6. The van der Waals surface area contributed by atoms with Crippen molar-refractivity contribution >= 4 is 23.4 Å². The molecular weight excluding hydrogens is 370 g/mol. The van der Waals surface area contributed by atoms with Gasteiger partial charge in [-0.1, -0.05) is 57.2 Å². The van der Waals surface area contributed by atoms with Crippen LogP contribution in [0, 0.1) is 13.8 Å². The van der Waals surface area contributed by atoms with E-state index >= 15 is 0 Å². The third-order valence-corrected chi connectivity index (χ3v) is 5.18. The number of nitrogens with one attached hydrogen (secondary N) is 1. The zero-order chi connectivity index (χ0) is 20.3. The van der Waals surface area contributed by atoms with Gasteiger partial charge in [-0.2, -0.15) is 0 Å². The Morgan fingerprint density at radius 2 is 1.68 bits per heavy atom. The van der Waals surface area contributed by atoms with Crippen LogP contribution in [0.2, 0.25) is 0 Å². The maximum atomic E-state index is 13.1. The molecule has 0 saturated carbocycles. The second-order valence-corrected chi connectivity index (χ2v) is 8.95. The molecule has 1 heterocycles. The first kappa shape index (κ1) is 20.1. The summed E-state index contributed by atoms with van der Waals surface area (Å²) in [6.45, 7) is 10.1. The van der Waals surface area contributed by atoms with Gasteiger partial charge in [0.25, 0.3) is 5.22 Å². The van der Waals surface area contributed by atoms with E-state index in [1.54, 1.807) is 0 Å². The summed E-state index contributed by atoms with van der Waals surface area (Å²) in [6.07, 6.45) is 0. The highest BCUT2D eigenvalue weighted by Gasteiger charge is 2.27. The predicted octanol–water partition coefficient (Wildman–Crippen LogP) is 5.46. The molecule has 0 saturated heterocycles. The molecule has 0 radical (unpaired) electrons. The second kappa shape index (κ2) is 8.19. The van der Waals surface area contributed by atoms with Crippen LogP contribution in [-0.4, -0.2) is 16.1 Å². The van der Waals surface area contributed by atoms with Crippen molar-refractivity contribution in [1.82, 2.24) is 10.2 Å². The fourth-order valence-corrected chi connectivity index (χ4v) is 3.69. The smallest absolute Gasteiger partial charge is 0.277 e. The van der Waals surface area contributed by atoms with E-state index in [1.807, 2.05) is 77.1 Å². The Hall–Kier alpha value is -2.60. The van der Waals surface area contributed by atoms with E-state index in [4.69, 9.17) is 4.42 Å². The molecule has 6 heteroatoms. The molecule has 28 heavy (non-hydrogen) atoms. The van der Waals surface area contributed by atoms with E-state index in [2.05, 4.69) is 21.6 Å². The van der Waals surface area contributed by atoms with Gasteiger partial charge in [0, 0.05) is 11.1 Å². The van der Waals surface area contributed by atoms with Gasteiger partial charge < -0.3 is 9.73 Å². The summed E-state index contributed by atoms with van der Waals surface area (Å²) in [7, 11) is 0. The predicted molar refractivity (Wildman–Crippen MR) is 113 cm³/mol. The topological polar surface area (TPSA) is 68.0 Å². The van der Waals surface area contributed by atoms with Gasteiger partial charge in [0.2, 0.25) is 11.8 Å². The zero-order valence-electron chi connectivity index (χ0n) is 16.8. The van der Waals surface area contributed by atoms with E-state index in [9.17, 15) is 4.79 Å². The van der Waals surface area contributed by atoms with Gasteiger partial charge in [0.05, 0.1) is 0 Å². The van der Waals surface area contributed by atoms with Crippen LogP contribution >= 0.6 is 11.8 Å². The van der Waals surface area contributed by atoms with E-state index in [1.165, 1.54) is 11.8 Å². The van der Waals surface area contributed by atoms with Crippen LogP contribution < -0.4 is 5.32 Å². The quantitative estimate of drug-likeness (QED) is 0.581. The fraction of sp³-hybridized carbons (Fsp3) is 0.318. The number of amides is 1. The molecule has 3 rings (SSSR count). The second-order valence-electron chi connectivity index (χ2n) is 7.90. The molecule has 0 fully saturated rings. The Morgan fingerprint density at radius 1 is 1.04 bits per heavy atom. The molecule has 0 aliphatic carbocycles. The van der Waals surface area contributed by atoms with Crippen molar-refractivity contribution in [3.63, 3.8) is 0 Å². The van der Waals surface area contributed by atoms with Crippen LogP contribution in [0.25, 0.3) is 0 Å². The molecular formula is C22H25N3O2S. The molecule has 0 bridgehead atoms. The number of aromatic nitrogens is 2. The van der Waals surface area contributed by atoms with Gasteiger partial charge in [0.1, 0.15) is 5.25 Å². The lowest BCUT2D eigenvalue weighted by Gasteiger charge is -2.16. The molecule has 0 aliphatic heterocycles. The maximum absolute atomic E-state index is 13.1. The average Bonchev–Trinajstić information content (AvgIpc) is 3.08. The fourth-order valence-electron chi connectivity index (χ4n) is 2.82. The first-order valence-electron chi connectivity index (χ1n) is 9.17. The van der Waals surface area contributed by atoms with Crippen molar-refractivity contribution in [2.24, 2.45) is 0 Å². The number of rotatable bonds is 5. The van der Waals surface area contributed by atoms with E-state index in [0.717, 1.165) is 22.4 Å². The summed E-state index contributed by atoms with van der Waals surface area (Å²) >= 11 is 1.26. The molecule has 0 aliphatic rings. The minimum atomic E-state index is -0.504. The standard InChI is InChI=1S/C22H25N3O2S/c1-14-11-15(2)13-17(12-14)23-19(26)18(16-9-7-6-8-10-16)28-21-25-24-20(27-21)22(3,4)5/h6-13,18H,1-5H3,(H,23,26). The molecule has 0 spiro atoms. The number of aryl methyl sites for hydroxylation is 2. The van der Waals surface area contributed by atoms with Crippen molar-refractivity contribution in [2.75, 3.05) is 5.32 Å². The van der Waals surface area contributed by atoms with Gasteiger partial charge in [-0.3, -0.25) is 4.79 Å². The first-order valence-corrected chi connectivity index (χ1v) is 10.0. The molecule has 1 amide bonds. The zero-order valence-corrected chi connectivity index (χ0v) is 17.6. The lowest BCUT2D eigenvalue weighted by atomic mass is 9.97. The molecule has 1 N–H and O–H groups in total. The van der Waals surface area contributed by atoms with Crippen LogP contribution in [0.3, 0.4) is 0 Å². The highest BCUT2D eigenvalue weighted by atomic mass is 32.2. The van der Waals surface area contributed by atoms with Crippen LogP contribution in [-0.2, 0) is 10.2 Å². The van der Waals surface area contributed by atoms with Gasteiger partial charge in [-0.15, -0.1) is 10.2 Å². The summed E-state index contributed by atoms with van der Waals surface area (Å²) in [4.78, 5) is 13.1. The number of hydrogen-bond donors (Lipinski definition) is 1. The van der Waals surface area contributed by atoms with Crippen LogP contribution in [0.5, 0.6) is 0 Å². The highest BCUT2D eigenvalue weighted by molar-refractivity contribution is 8.00. The minimum absolute atomic E-state index is 0.128. The summed E-state index contributed by atoms with van der Waals surface area (Å²) in [5, 5.41) is 11.2. The average molecular weight is 396 g/mol. The summed E-state index contributed by atoms with van der Waals surface area (Å²) < 4.78 is 5.80. The van der Waals surface area contributed by atoms with Crippen molar-refractivity contribution in [1.29, 1.82) is 0 Å². The molecule has 1 atom stereocenters. The van der Waals surface area contributed by atoms with E-state index in [-0.39, 0.29) is 11.3 Å². The molecule has 3 aromatic rings. The first-order chi connectivity index (χ1) is 13.2. The maximum Gasteiger partial charge on any atom is 0.277 e. The number of nitrogens with zero attached hydrogens (tertiary/aromatic N) is 2. The summed E-state index contributed by atoms with van der Waals surface area (Å²) in [5.74, 6) is 0.424. The van der Waals surface area contributed by atoms with E-state index in [0.29, 0.717) is 11.1 Å². The third-order valence-electron chi connectivity index (χ3n) is 4.10. The Bertz CT molecular complexity index is 941. The number of carbonyl (C=O) groups excluding carboxylic acids is 1. The van der Waals surface area contributed by atoms with Crippen molar-refractivity contribution in [3.8, 4) is 0 Å². The number of thioether (sulfide) groups is 1. The monoisotopic (exact) mass is 395 g/mol. The van der Waals surface area contributed by atoms with Crippen LogP contribution in [0.15, 0.2) is 58.2 Å². The van der Waals surface area contributed by atoms with Crippen molar-refractivity contribution in [3.05, 3.63) is 71.1 Å². The Labute approximate surface area is 170 Å². The molecule has 146 valence electrons. The van der Waals surface area contributed by atoms with Crippen molar-refractivity contribution in [2.45, 2.75) is 50.5 Å².